The van der Waals surface area contributed by atoms with E-state index in [0.29, 0.717) is 66.0 Å². The van der Waals surface area contributed by atoms with Gasteiger partial charge in [0.05, 0.1) is 30.9 Å². The van der Waals surface area contributed by atoms with Crippen LogP contribution >= 0.6 is 0 Å². The zero-order valence-electron chi connectivity index (χ0n) is 35.4. The van der Waals surface area contributed by atoms with Crippen LogP contribution in [0.2, 0.25) is 0 Å². The van der Waals surface area contributed by atoms with Gasteiger partial charge in [0, 0.05) is 41.4 Å². The maximum Gasteiger partial charge on any atom is 0.343 e. The molecule has 0 aliphatic heterocycles. The van der Waals surface area contributed by atoms with Crippen LogP contribution in [0.25, 0.3) is 10.8 Å². The Morgan fingerprint density at radius 2 is 1.08 bits per heavy atom. The zero-order valence-corrected chi connectivity index (χ0v) is 35.4. The van der Waals surface area contributed by atoms with Gasteiger partial charge < -0.3 is 40.5 Å². The van der Waals surface area contributed by atoms with Gasteiger partial charge in [0.15, 0.2) is 0 Å². The number of hydrogen-bond donors (Lipinski definition) is 3. The van der Waals surface area contributed by atoms with Gasteiger partial charge in [-0.3, -0.25) is 0 Å². The van der Waals surface area contributed by atoms with E-state index in [0.717, 1.165) is 72.0 Å². The van der Waals surface area contributed by atoms with Crippen molar-refractivity contribution >= 4 is 45.7 Å². The lowest BCUT2D eigenvalue weighted by molar-refractivity contribution is -0.139. The predicted octanol–water partition coefficient (Wildman–Crippen LogP) is 11.2. The molecule has 0 aromatic heterocycles. The van der Waals surface area contributed by atoms with Crippen molar-refractivity contribution in [3.05, 3.63) is 162 Å². The Bertz CT molecular complexity index is 2370. The summed E-state index contributed by atoms with van der Waals surface area (Å²) in [6.07, 6.45) is 5.75. The molecule has 62 heavy (non-hydrogen) atoms. The summed E-state index contributed by atoms with van der Waals surface area (Å²) in [5.41, 5.74) is 16.4. The standard InChI is InChI=1S/C34H36N2O5.C17H19NO3.H2/c1-24(2)33(37)40-22-8-4-3-7-21-39-27-17-13-26(14-18-27)34(38)41-28-15-11-25(12-16-28)23-36-32-20-19-31(35)29-9-5-6-10-30(29)32;1-2-3-12-20-15-8-10-16(11-9-15)21-17(19)13-4-6-14(18)7-5-13;/h5-6,9-20,36H,1,3-4,7-8,21-23,35H2,2H3;4-11H,2-3,12,18H2,1H3;1H. The highest BCUT2D eigenvalue weighted by Gasteiger charge is 2.11. The fraction of sp³-hybridized carbons (Fsp3) is 0.235. The first-order valence-electron chi connectivity index (χ1n) is 20.8. The molecule has 6 aromatic rings. The molecule has 0 radical (unpaired) electrons. The first-order valence-corrected chi connectivity index (χ1v) is 20.8. The van der Waals surface area contributed by atoms with Crippen molar-refractivity contribution in [3.8, 4) is 23.0 Å². The predicted molar refractivity (Wildman–Crippen MR) is 248 cm³/mol. The van der Waals surface area contributed by atoms with Crippen LogP contribution in [0.5, 0.6) is 23.0 Å². The van der Waals surface area contributed by atoms with Crippen molar-refractivity contribution < 1.29 is 39.5 Å². The van der Waals surface area contributed by atoms with E-state index in [4.69, 9.17) is 35.2 Å². The summed E-state index contributed by atoms with van der Waals surface area (Å²) in [7, 11) is 0. The number of nitrogen functional groups attached to an aromatic ring is 2. The second-order valence-electron chi connectivity index (χ2n) is 14.5. The number of nitrogens with one attached hydrogen (secondary N) is 1. The Morgan fingerprint density at radius 1 is 0.581 bits per heavy atom. The molecule has 11 nitrogen and oxygen atoms in total. The molecule has 0 aliphatic carbocycles. The highest BCUT2D eigenvalue weighted by molar-refractivity contribution is 6.01. The van der Waals surface area contributed by atoms with Crippen molar-refractivity contribution in [2.24, 2.45) is 0 Å². The maximum absolute atomic E-state index is 12.6. The Kier molecular flexibility index (Phi) is 17.8. The van der Waals surface area contributed by atoms with Crippen molar-refractivity contribution in [1.82, 2.24) is 0 Å². The van der Waals surface area contributed by atoms with Gasteiger partial charge in [-0.1, -0.05) is 56.3 Å². The van der Waals surface area contributed by atoms with Gasteiger partial charge in [-0.15, -0.1) is 0 Å². The topological polar surface area (TPSA) is 161 Å². The van der Waals surface area contributed by atoms with Gasteiger partial charge in [0.25, 0.3) is 0 Å². The molecule has 6 rings (SSSR count). The van der Waals surface area contributed by atoms with Crippen molar-refractivity contribution in [3.63, 3.8) is 0 Å². The molecule has 6 aromatic carbocycles. The van der Waals surface area contributed by atoms with Crippen molar-refractivity contribution in [2.45, 2.75) is 58.9 Å². The summed E-state index contributed by atoms with van der Waals surface area (Å²) < 4.78 is 27.2. The normalized spacial score (nSPS) is 10.5. The molecule has 0 aliphatic rings. The fourth-order valence-corrected chi connectivity index (χ4v) is 5.96. The van der Waals surface area contributed by atoms with Crippen LogP contribution in [0.4, 0.5) is 17.1 Å². The first-order chi connectivity index (χ1) is 30.1. The molecule has 0 fully saturated rings. The van der Waals surface area contributed by atoms with Gasteiger partial charge in [-0.05, 0) is 142 Å². The van der Waals surface area contributed by atoms with E-state index in [9.17, 15) is 14.4 Å². The molecular weight excluding hydrogens is 783 g/mol. The largest absolute Gasteiger partial charge is 0.494 e. The molecule has 324 valence electrons. The van der Waals surface area contributed by atoms with Crippen LogP contribution in [0, 0.1) is 0 Å². The Morgan fingerprint density at radius 3 is 1.66 bits per heavy atom. The molecular formula is C51H57N3O8. The lowest BCUT2D eigenvalue weighted by Gasteiger charge is -2.12. The lowest BCUT2D eigenvalue weighted by Crippen LogP contribution is -2.08. The molecule has 0 atom stereocenters. The van der Waals surface area contributed by atoms with E-state index in [2.05, 4.69) is 18.8 Å². The van der Waals surface area contributed by atoms with Gasteiger partial charge in [-0.2, -0.15) is 0 Å². The first kappa shape index (κ1) is 45.8. The Hall–Kier alpha value is -7.27. The number of hydrogen-bond acceptors (Lipinski definition) is 11. The third-order valence-corrected chi connectivity index (χ3v) is 9.50. The van der Waals surface area contributed by atoms with Crippen molar-refractivity contribution in [2.75, 3.05) is 36.6 Å². The average molecular weight is 840 g/mol. The molecule has 5 N–H and O–H groups in total. The van der Waals surface area contributed by atoms with E-state index < -0.39 is 11.9 Å². The van der Waals surface area contributed by atoms with E-state index in [1.807, 2.05) is 48.5 Å². The smallest absolute Gasteiger partial charge is 0.343 e. The molecule has 11 heteroatoms. The third kappa shape index (κ3) is 14.8. The van der Waals surface area contributed by atoms with Crippen LogP contribution < -0.4 is 35.7 Å². The minimum Gasteiger partial charge on any atom is -0.494 e. The second kappa shape index (κ2) is 24.1. The summed E-state index contributed by atoms with van der Waals surface area (Å²) in [5.74, 6) is 1.26. The highest BCUT2D eigenvalue weighted by atomic mass is 16.5. The van der Waals surface area contributed by atoms with Crippen LogP contribution in [0.3, 0.4) is 0 Å². The number of rotatable bonds is 20. The molecule has 0 spiro atoms. The van der Waals surface area contributed by atoms with Gasteiger partial charge in [-0.25, -0.2) is 14.4 Å². The summed E-state index contributed by atoms with van der Waals surface area (Å²) in [4.78, 5) is 35.9. The van der Waals surface area contributed by atoms with Crippen molar-refractivity contribution in [1.29, 1.82) is 0 Å². The maximum atomic E-state index is 12.6. The van der Waals surface area contributed by atoms with E-state index in [1.54, 1.807) is 91.9 Å². The third-order valence-electron chi connectivity index (χ3n) is 9.50. The summed E-state index contributed by atoms with van der Waals surface area (Å²) in [6, 6.07) is 39.9. The number of carbonyl (C=O) groups is 3. The van der Waals surface area contributed by atoms with Crippen LogP contribution in [-0.2, 0) is 16.1 Å². The Labute approximate surface area is 365 Å². The zero-order chi connectivity index (χ0) is 44.1. The molecule has 0 amide bonds. The SMILES string of the molecule is C=C(C)C(=O)OCCCCCCOc1ccc(C(=O)Oc2ccc(CNc3ccc(N)c4ccccc34)cc2)cc1.CCCCOc1ccc(OC(=O)c2ccc(N)cc2)cc1.[HH]. The number of benzene rings is 6. The van der Waals surface area contributed by atoms with E-state index >= 15 is 0 Å². The number of fused-ring (bicyclic) bond motifs is 1. The fourth-order valence-electron chi connectivity index (χ4n) is 5.96. The van der Waals surface area contributed by atoms with Crippen LogP contribution in [0.1, 0.15) is 80.1 Å². The van der Waals surface area contributed by atoms with Gasteiger partial charge in [0.2, 0.25) is 0 Å². The lowest BCUT2D eigenvalue weighted by atomic mass is 10.1. The Balaban J connectivity index is 0.000000333. The molecule has 0 unspecified atom stereocenters. The number of unbranched alkanes of at least 4 members (excludes halogenated alkanes) is 4. The molecule has 0 saturated heterocycles. The van der Waals surface area contributed by atoms with Crippen LogP contribution in [-0.4, -0.2) is 37.7 Å². The molecule has 0 heterocycles. The highest BCUT2D eigenvalue weighted by Crippen LogP contribution is 2.29. The summed E-state index contributed by atoms with van der Waals surface area (Å²) in [5, 5.41) is 5.56. The number of ether oxygens (including phenoxy) is 5. The number of carbonyl (C=O) groups excluding carboxylic acids is 3. The van der Waals surface area contributed by atoms with Gasteiger partial charge in [0.1, 0.15) is 23.0 Å². The molecule has 0 saturated carbocycles. The minimum absolute atomic E-state index is 0. The van der Waals surface area contributed by atoms with E-state index in [1.165, 1.54) is 0 Å². The monoisotopic (exact) mass is 839 g/mol. The number of anilines is 3. The van der Waals surface area contributed by atoms with Crippen LogP contribution in [0.15, 0.2) is 146 Å². The number of nitrogens with two attached hydrogens (primary N) is 2. The summed E-state index contributed by atoms with van der Waals surface area (Å²) in [6.45, 7) is 9.61. The van der Waals surface area contributed by atoms with E-state index in [-0.39, 0.29) is 7.40 Å². The minimum atomic E-state index is -0.428. The average Bonchev–Trinajstić information content (AvgIpc) is 3.29. The second-order valence-corrected chi connectivity index (χ2v) is 14.5. The summed E-state index contributed by atoms with van der Waals surface area (Å²) >= 11 is 0. The van der Waals surface area contributed by atoms with Gasteiger partial charge >= 0.3 is 17.9 Å². The molecule has 0 bridgehead atoms. The quantitative estimate of drug-likeness (QED) is 0.0221. The number of esters is 3.